The number of hydrogen-bond acceptors (Lipinski definition) is 5. The summed E-state index contributed by atoms with van der Waals surface area (Å²) in [6.07, 6.45) is 0. The van der Waals surface area contributed by atoms with E-state index < -0.39 is 5.97 Å². The maximum Gasteiger partial charge on any atom is 0.129 e. The molecule has 0 aliphatic rings. The fourth-order valence-corrected chi connectivity index (χ4v) is 2.17. The fraction of sp³-hybridized carbons (Fsp3) is 0. The molecule has 4 nitrogen and oxygen atoms in total. The van der Waals surface area contributed by atoms with Crippen molar-refractivity contribution in [1.29, 1.82) is 0 Å². The van der Waals surface area contributed by atoms with Crippen LogP contribution >= 0.6 is 22.9 Å². The van der Waals surface area contributed by atoms with Gasteiger partial charge < -0.3 is 15.6 Å². The van der Waals surface area contributed by atoms with Crippen molar-refractivity contribution in [3.8, 4) is 0 Å². The van der Waals surface area contributed by atoms with Crippen LogP contribution in [0.3, 0.4) is 0 Å². The van der Waals surface area contributed by atoms with E-state index in [0.29, 0.717) is 10.2 Å². The van der Waals surface area contributed by atoms with Gasteiger partial charge in [-0.15, -0.1) is 11.3 Å². The number of carbonyl (C=O) groups excluding carboxylic acids is 1. The van der Waals surface area contributed by atoms with Gasteiger partial charge in [0.1, 0.15) is 10.7 Å². The summed E-state index contributed by atoms with van der Waals surface area (Å²) in [4.78, 5) is 14.6. The van der Waals surface area contributed by atoms with E-state index in [1.54, 1.807) is 12.1 Å². The van der Waals surface area contributed by atoms with Gasteiger partial charge in [0.05, 0.1) is 21.2 Å². The summed E-state index contributed by atoms with van der Waals surface area (Å²) < 4.78 is 0.686. The summed E-state index contributed by atoms with van der Waals surface area (Å²) in [6.45, 7) is 0. The minimum absolute atomic E-state index is 0.00485. The third-order valence-electron chi connectivity index (χ3n) is 1.72. The average Bonchev–Trinajstić information content (AvgIpc) is 2.44. The Labute approximate surface area is 87.9 Å². The molecule has 0 bridgehead atoms. The summed E-state index contributed by atoms with van der Waals surface area (Å²) in [5, 5.41) is 10.9. The molecule has 14 heavy (non-hydrogen) atoms. The predicted molar refractivity (Wildman–Crippen MR) is 53.4 cm³/mol. The monoisotopic (exact) mass is 227 g/mol. The Morgan fingerprint density at radius 1 is 1.57 bits per heavy atom. The van der Waals surface area contributed by atoms with E-state index in [-0.39, 0.29) is 15.7 Å². The molecule has 2 rings (SSSR count). The number of hydrogen-bond donors (Lipinski definition) is 1. The first kappa shape index (κ1) is 9.23. The third kappa shape index (κ3) is 1.30. The number of thiophene rings is 1. The lowest BCUT2D eigenvalue weighted by molar-refractivity contribution is -0.254. The molecule has 6 heteroatoms. The van der Waals surface area contributed by atoms with E-state index in [1.165, 1.54) is 0 Å². The van der Waals surface area contributed by atoms with Gasteiger partial charge >= 0.3 is 0 Å². The molecule has 0 saturated heterocycles. The zero-order valence-corrected chi connectivity index (χ0v) is 8.35. The van der Waals surface area contributed by atoms with Crippen molar-refractivity contribution in [3.05, 3.63) is 22.2 Å². The number of halogens is 1. The smallest absolute Gasteiger partial charge is 0.129 e. The van der Waals surface area contributed by atoms with Crippen LogP contribution in [-0.4, -0.2) is 11.0 Å². The van der Waals surface area contributed by atoms with Gasteiger partial charge in [0.25, 0.3) is 0 Å². The number of anilines is 1. The van der Waals surface area contributed by atoms with Crippen LogP contribution in [0.5, 0.6) is 0 Å². The number of pyridine rings is 1. The molecule has 2 heterocycles. The summed E-state index contributed by atoms with van der Waals surface area (Å²) in [5.74, 6) is -1.29. The van der Waals surface area contributed by atoms with Gasteiger partial charge in [0, 0.05) is 0 Å². The highest BCUT2D eigenvalue weighted by atomic mass is 35.5. The van der Waals surface area contributed by atoms with Crippen molar-refractivity contribution < 1.29 is 9.90 Å². The van der Waals surface area contributed by atoms with E-state index in [0.717, 1.165) is 11.3 Å². The highest BCUT2D eigenvalue weighted by Gasteiger charge is 2.11. The van der Waals surface area contributed by atoms with Crippen molar-refractivity contribution in [2.75, 3.05) is 5.73 Å². The van der Waals surface area contributed by atoms with E-state index in [2.05, 4.69) is 4.98 Å². The van der Waals surface area contributed by atoms with Crippen LogP contribution in [0, 0.1) is 0 Å². The molecule has 0 aromatic carbocycles. The molecule has 2 aromatic rings. The van der Waals surface area contributed by atoms with Crippen LogP contribution in [0.1, 0.15) is 9.67 Å². The molecule has 0 spiro atoms. The second kappa shape index (κ2) is 3.11. The number of aromatic carboxylic acids is 1. The Morgan fingerprint density at radius 2 is 2.29 bits per heavy atom. The zero-order chi connectivity index (χ0) is 10.3. The van der Waals surface area contributed by atoms with Gasteiger partial charge in [-0.05, 0) is 12.1 Å². The lowest BCUT2D eigenvalue weighted by Gasteiger charge is -1.97. The first-order valence-corrected chi connectivity index (χ1v) is 4.85. The molecule has 0 fully saturated rings. The fourth-order valence-electron chi connectivity index (χ4n) is 1.12. The quantitative estimate of drug-likeness (QED) is 0.734. The van der Waals surface area contributed by atoms with Gasteiger partial charge in [0.2, 0.25) is 0 Å². The Kier molecular flexibility index (Phi) is 2.05. The zero-order valence-electron chi connectivity index (χ0n) is 6.78. The van der Waals surface area contributed by atoms with Gasteiger partial charge in [0.15, 0.2) is 0 Å². The lowest BCUT2D eigenvalue weighted by Crippen LogP contribution is -2.21. The number of nitrogens with zero attached hydrogens (tertiary/aromatic N) is 1. The van der Waals surface area contributed by atoms with E-state index in [1.807, 2.05) is 0 Å². The maximum atomic E-state index is 10.6. The van der Waals surface area contributed by atoms with Crippen molar-refractivity contribution in [2.45, 2.75) is 0 Å². The number of fused-ring (bicyclic) bond motifs is 1. The number of nitrogens with two attached hydrogens (primary N) is 1. The van der Waals surface area contributed by atoms with Gasteiger partial charge in [-0.25, -0.2) is 4.98 Å². The molecule has 2 aromatic heterocycles. The highest BCUT2D eigenvalue weighted by Crippen LogP contribution is 2.32. The molecular weight excluding hydrogens is 224 g/mol. The number of carboxylic acid groups (broad SMARTS) is 1. The topological polar surface area (TPSA) is 79.0 Å². The second-order valence-corrected chi connectivity index (χ2v) is 4.05. The number of carboxylic acids is 1. The average molecular weight is 228 g/mol. The Morgan fingerprint density at radius 3 is 2.93 bits per heavy atom. The summed E-state index contributed by atoms with van der Waals surface area (Å²) in [7, 11) is 0. The molecule has 0 amide bonds. The van der Waals surface area contributed by atoms with Crippen molar-refractivity contribution in [2.24, 2.45) is 0 Å². The van der Waals surface area contributed by atoms with Crippen LogP contribution in [0.2, 0.25) is 5.15 Å². The van der Waals surface area contributed by atoms with E-state index in [9.17, 15) is 9.90 Å². The number of aromatic nitrogens is 1. The van der Waals surface area contributed by atoms with E-state index in [4.69, 9.17) is 17.3 Å². The molecule has 0 aliphatic heterocycles. The molecule has 72 valence electrons. The first-order chi connectivity index (χ1) is 6.59. The van der Waals surface area contributed by atoms with Crippen LogP contribution < -0.4 is 10.8 Å². The molecule has 0 radical (unpaired) electrons. The lowest BCUT2D eigenvalue weighted by atomic mass is 10.3. The standard InChI is InChI=1S/C8H5ClN2O2S/c9-4-2-1-3-6(11-4)5(10)7(14-3)8(12)13/h1-2H,10H2,(H,12,13)/p-1. The Hall–Kier alpha value is -1.33. The number of nitrogen functional groups attached to an aromatic ring is 1. The largest absolute Gasteiger partial charge is 0.544 e. The molecule has 0 aliphatic carbocycles. The second-order valence-electron chi connectivity index (χ2n) is 2.61. The van der Waals surface area contributed by atoms with Gasteiger partial charge in [-0.3, -0.25) is 0 Å². The van der Waals surface area contributed by atoms with Gasteiger partial charge in [-0.1, -0.05) is 11.6 Å². The van der Waals surface area contributed by atoms with Crippen LogP contribution in [-0.2, 0) is 0 Å². The van der Waals surface area contributed by atoms with Crippen molar-refractivity contribution in [3.63, 3.8) is 0 Å². The molecule has 0 atom stereocenters. The molecule has 2 N–H and O–H groups in total. The molecule has 0 saturated carbocycles. The first-order valence-electron chi connectivity index (χ1n) is 3.65. The van der Waals surface area contributed by atoms with Gasteiger partial charge in [-0.2, -0.15) is 0 Å². The Bertz CT molecular complexity index is 523. The molecular formula is C8H4ClN2O2S-. The van der Waals surface area contributed by atoms with Crippen LogP contribution in [0.25, 0.3) is 10.2 Å². The Balaban J connectivity index is 2.80. The molecule has 0 unspecified atom stereocenters. The summed E-state index contributed by atoms with van der Waals surface area (Å²) in [6, 6.07) is 3.26. The third-order valence-corrected chi connectivity index (χ3v) is 3.07. The number of rotatable bonds is 1. The minimum Gasteiger partial charge on any atom is -0.544 e. The van der Waals surface area contributed by atoms with Crippen molar-refractivity contribution >= 4 is 44.8 Å². The SMILES string of the molecule is Nc1c(C(=O)[O-])sc2ccc(Cl)nc12. The number of carbonyl (C=O) groups is 1. The van der Waals surface area contributed by atoms with E-state index >= 15 is 0 Å². The normalized spacial score (nSPS) is 10.6. The highest BCUT2D eigenvalue weighted by molar-refractivity contribution is 7.21. The van der Waals surface area contributed by atoms with Crippen LogP contribution in [0.15, 0.2) is 12.1 Å². The van der Waals surface area contributed by atoms with Crippen LogP contribution in [0.4, 0.5) is 5.69 Å². The summed E-state index contributed by atoms with van der Waals surface area (Å²) >= 11 is 6.69. The maximum absolute atomic E-state index is 10.6. The summed E-state index contributed by atoms with van der Waals surface area (Å²) in [5.41, 5.74) is 6.11. The predicted octanol–water partition coefficient (Wildman–Crippen LogP) is 0.895. The minimum atomic E-state index is -1.29. The van der Waals surface area contributed by atoms with Crippen molar-refractivity contribution in [1.82, 2.24) is 4.98 Å².